The van der Waals surface area contributed by atoms with Crippen LogP contribution >= 0.6 is 0 Å². The molecule has 1 fully saturated rings. The zero-order valence-electron chi connectivity index (χ0n) is 14.3. The number of hydrogen-bond donors (Lipinski definition) is 1. The molecule has 1 unspecified atom stereocenters. The monoisotopic (exact) mass is 291 g/mol. The molecule has 0 aromatic carbocycles. The summed E-state index contributed by atoms with van der Waals surface area (Å²) in [5, 5.41) is 0. The van der Waals surface area contributed by atoms with E-state index in [9.17, 15) is 0 Å². The van der Waals surface area contributed by atoms with Crippen LogP contribution in [-0.4, -0.2) is 16.1 Å². The van der Waals surface area contributed by atoms with Crippen molar-refractivity contribution in [2.24, 2.45) is 23.0 Å². The zero-order valence-corrected chi connectivity index (χ0v) is 14.3. The maximum absolute atomic E-state index is 6.01. The summed E-state index contributed by atoms with van der Waals surface area (Å²) in [7, 11) is 0. The van der Waals surface area contributed by atoms with Crippen LogP contribution in [0.5, 0.6) is 0 Å². The smallest absolute Gasteiger partial charge is 0.0948 e. The Morgan fingerprint density at radius 1 is 1.24 bits per heavy atom. The molecule has 3 heteroatoms. The first-order valence-electron chi connectivity index (χ1n) is 8.67. The lowest BCUT2D eigenvalue weighted by Crippen LogP contribution is -2.28. The summed E-state index contributed by atoms with van der Waals surface area (Å²) >= 11 is 0. The van der Waals surface area contributed by atoms with Crippen molar-refractivity contribution in [2.45, 2.75) is 72.3 Å². The molecule has 0 saturated heterocycles. The second-order valence-corrected chi connectivity index (χ2v) is 7.84. The van der Waals surface area contributed by atoms with E-state index in [1.54, 1.807) is 0 Å². The summed E-state index contributed by atoms with van der Waals surface area (Å²) in [4.78, 5) is 4.43. The number of imidazole rings is 1. The van der Waals surface area contributed by atoms with E-state index in [0.29, 0.717) is 23.8 Å². The molecule has 1 aromatic heterocycles. The van der Waals surface area contributed by atoms with Gasteiger partial charge in [-0.1, -0.05) is 40.5 Å². The number of nitrogens with two attached hydrogens (primary N) is 1. The zero-order chi connectivity index (χ0) is 15.5. The Kier molecular flexibility index (Phi) is 5.48. The van der Waals surface area contributed by atoms with Gasteiger partial charge in [-0.2, -0.15) is 0 Å². The van der Waals surface area contributed by atoms with Crippen LogP contribution in [0, 0.1) is 17.3 Å². The van der Waals surface area contributed by atoms with Gasteiger partial charge >= 0.3 is 0 Å². The van der Waals surface area contributed by atoms with Gasteiger partial charge in [-0.15, -0.1) is 0 Å². The predicted octanol–water partition coefficient (Wildman–Crippen LogP) is 4.19. The fraction of sp³-hybridized carbons (Fsp3) is 0.833. The fourth-order valence-corrected chi connectivity index (χ4v) is 4.29. The van der Waals surface area contributed by atoms with Crippen LogP contribution < -0.4 is 5.73 Å². The molecule has 1 heterocycles. The van der Waals surface area contributed by atoms with Gasteiger partial charge in [0.15, 0.2) is 0 Å². The van der Waals surface area contributed by atoms with E-state index in [2.05, 4.69) is 37.2 Å². The molecule has 1 aromatic rings. The van der Waals surface area contributed by atoms with Crippen molar-refractivity contribution in [2.75, 3.05) is 6.54 Å². The van der Waals surface area contributed by atoms with Gasteiger partial charge in [-0.25, -0.2) is 4.98 Å². The topological polar surface area (TPSA) is 43.8 Å². The van der Waals surface area contributed by atoms with Crippen LogP contribution in [0.1, 0.15) is 71.4 Å². The van der Waals surface area contributed by atoms with Gasteiger partial charge in [0.2, 0.25) is 0 Å². The molecule has 1 aliphatic rings. The molecular weight excluding hydrogens is 258 g/mol. The number of nitrogens with zero attached hydrogens (tertiary/aromatic N) is 2. The third kappa shape index (κ3) is 3.88. The van der Waals surface area contributed by atoms with Gasteiger partial charge in [0.25, 0.3) is 0 Å². The molecule has 0 aliphatic heterocycles. The molecule has 0 radical (unpaired) electrons. The lowest BCUT2D eigenvalue weighted by atomic mass is 9.78. The summed E-state index contributed by atoms with van der Waals surface area (Å²) in [6.07, 6.45) is 10.9. The average molecular weight is 291 g/mol. The number of hydrogen-bond acceptors (Lipinski definition) is 2. The van der Waals surface area contributed by atoms with Crippen LogP contribution in [0.4, 0.5) is 0 Å². The lowest BCUT2D eigenvalue weighted by molar-refractivity contribution is 0.193. The van der Waals surface area contributed by atoms with E-state index in [-0.39, 0.29) is 0 Å². The number of rotatable bonds is 7. The molecule has 0 bridgehead atoms. The molecule has 1 saturated carbocycles. The first-order valence-corrected chi connectivity index (χ1v) is 8.67. The van der Waals surface area contributed by atoms with E-state index in [1.165, 1.54) is 37.8 Å². The molecule has 1 aliphatic carbocycles. The first-order chi connectivity index (χ1) is 9.97. The van der Waals surface area contributed by atoms with Crippen LogP contribution in [0.2, 0.25) is 0 Å². The summed E-state index contributed by atoms with van der Waals surface area (Å²) in [6.45, 7) is 11.1. The van der Waals surface area contributed by atoms with Gasteiger partial charge in [0.05, 0.1) is 6.33 Å². The highest BCUT2D eigenvalue weighted by molar-refractivity contribution is 5.09. The Morgan fingerprint density at radius 3 is 2.43 bits per heavy atom. The largest absolute Gasteiger partial charge is 0.334 e. The molecule has 120 valence electrons. The Hall–Kier alpha value is -0.830. The lowest BCUT2D eigenvalue weighted by Gasteiger charge is -2.33. The van der Waals surface area contributed by atoms with Gasteiger partial charge in [-0.3, -0.25) is 0 Å². The highest BCUT2D eigenvalue weighted by atomic mass is 15.1. The summed E-state index contributed by atoms with van der Waals surface area (Å²) in [5.41, 5.74) is 7.84. The van der Waals surface area contributed by atoms with Crippen molar-refractivity contribution >= 4 is 0 Å². The maximum atomic E-state index is 6.01. The van der Waals surface area contributed by atoms with Crippen LogP contribution in [0.3, 0.4) is 0 Å². The van der Waals surface area contributed by atoms with E-state index < -0.39 is 0 Å². The molecule has 2 rings (SSSR count). The van der Waals surface area contributed by atoms with Crippen molar-refractivity contribution in [3.63, 3.8) is 0 Å². The Bertz CT molecular complexity index is 427. The second-order valence-electron chi connectivity index (χ2n) is 7.84. The first kappa shape index (κ1) is 16.5. The summed E-state index contributed by atoms with van der Waals surface area (Å²) in [6, 6.07) is 0. The van der Waals surface area contributed by atoms with E-state index in [0.717, 1.165) is 12.5 Å². The Labute approximate surface area is 130 Å². The molecule has 21 heavy (non-hydrogen) atoms. The molecular formula is C18H33N3. The second kappa shape index (κ2) is 6.95. The average Bonchev–Trinajstić information content (AvgIpc) is 3.00. The van der Waals surface area contributed by atoms with Crippen molar-refractivity contribution in [1.82, 2.24) is 9.55 Å². The summed E-state index contributed by atoms with van der Waals surface area (Å²) in [5.74, 6) is 1.76. The highest BCUT2D eigenvalue weighted by Gasteiger charge is 2.35. The van der Waals surface area contributed by atoms with Crippen molar-refractivity contribution in [3.05, 3.63) is 18.2 Å². The van der Waals surface area contributed by atoms with Crippen LogP contribution in [0.15, 0.2) is 12.5 Å². The van der Waals surface area contributed by atoms with Gasteiger partial charge in [0.1, 0.15) is 0 Å². The standard InChI is InChI=1S/C18H33N3/c1-14(2)9-18(7-5-6-8-18)12-21-13-20-11-17(21)16(10-19)15(3)4/h11,13-16H,5-10,12,19H2,1-4H3. The SMILES string of the molecule is CC(C)CC1(Cn2cncc2C(CN)C(C)C)CCCC1. The third-order valence-corrected chi connectivity index (χ3v) is 5.19. The minimum Gasteiger partial charge on any atom is -0.334 e. The summed E-state index contributed by atoms with van der Waals surface area (Å²) < 4.78 is 2.41. The minimum atomic E-state index is 0.421. The Balaban J connectivity index is 2.20. The van der Waals surface area contributed by atoms with Gasteiger partial charge in [0, 0.05) is 30.9 Å². The molecule has 0 spiro atoms. The Morgan fingerprint density at radius 2 is 1.90 bits per heavy atom. The van der Waals surface area contributed by atoms with E-state index in [1.807, 2.05) is 12.5 Å². The third-order valence-electron chi connectivity index (χ3n) is 5.19. The highest BCUT2D eigenvalue weighted by Crippen LogP contribution is 2.45. The van der Waals surface area contributed by atoms with Crippen molar-refractivity contribution in [3.8, 4) is 0 Å². The maximum Gasteiger partial charge on any atom is 0.0948 e. The predicted molar refractivity (Wildman–Crippen MR) is 89.2 cm³/mol. The van der Waals surface area contributed by atoms with E-state index in [4.69, 9.17) is 5.73 Å². The van der Waals surface area contributed by atoms with Gasteiger partial charge < -0.3 is 10.3 Å². The number of aromatic nitrogens is 2. The van der Waals surface area contributed by atoms with Crippen molar-refractivity contribution in [1.29, 1.82) is 0 Å². The molecule has 1 atom stereocenters. The van der Waals surface area contributed by atoms with Crippen LogP contribution in [-0.2, 0) is 6.54 Å². The quantitative estimate of drug-likeness (QED) is 0.818. The molecule has 2 N–H and O–H groups in total. The molecule has 3 nitrogen and oxygen atoms in total. The normalized spacial score (nSPS) is 19.6. The molecule has 0 amide bonds. The fourth-order valence-electron chi connectivity index (χ4n) is 4.29. The van der Waals surface area contributed by atoms with Gasteiger partial charge in [-0.05, 0) is 36.5 Å². The van der Waals surface area contributed by atoms with Crippen LogP contribution in [0.25, 0.3) is 0 Å². The van der Waals surface area contributed by atoms with Crippen molar-refractivity contribution < 1.29 is 0 Å². The minimum absolute atomic E-state index is 0.421. The van der Waals surface area contributed by atoms with E-state index >= 15 is 0 Å².